The van der Waals surface area contributed by atoms with Gasteiger partial charge in [-0.15, -0.1) is 0 Å². The number of sulfone groups is 1. The summed E-state index contributed by atoms with van der Waals surface area (Å²) in [5.74, 6) is -0.611. The average molecular weight is 217 g/mol. The van der Waals surface area contributed by atoms with Crippen molar-refractivity contribution in [3.05, 3.63) is 29.6 Å². The molecule has 0 unspecified atom stereocenters. The second-order valence-electron chi connectivity index (χ2n) is 2.90. The molecule has 0 heterocycles. The Morgan fingerprint density at radius 1 is 1.36 bits per heavy atom. The smallest absolute Gasteiger partial charge is 0.178 e. The van der Waals surface area contributed by atoms with E-state index in [-0.39, 0.29) is 17.2 Å². The lowest BCUT2D eigenvalue weighted by atomic mass is 10.2. The van der Waals surface area contributed by atoms with Gasteiger partial charge in [0.25, 0.3) is 0 Å². The summed E-state index contributed by atoms with van der Waals surface area (Å²) < 4.78 is 35.8. The molecule has 0 aliphatic rings. The second-order valence-corrected chi connectivity index (χ2v) is 5.18. The predicted octanol–water partition coefficient (Wildman–Crippen LogP) is 1.08. The molecule has 0 spiro atoms. The van der Waals surface area contributed by atoms with E-state index in [0.29, 0.717) is 5.56 Å². The molecule has 5 heteroatoms. The van der Waals surface area contributed by atoms with Gasteiger partial charge in [-0.1, -0.05) is 6.92 Å². The van der Waals surface area contributed by atoms with Crippen LogP contribution in [0.25, 0.3) is 0 Å². The van der Waals surface area contributed by atoms with Crippen LogP contribution in [0.2, 0.25) is 0 Å². The van der Waals surface area contributed by atoms with Crippen LogP contribution in [-0.2, 0) is 16.4 Å². The minimum Gasteiger partial charge on any atom is -0.326 e. The van der Waals surface area contributed by atoms with Crippen LogP contribution < -0.4 is 5.73 Å². The maximum atomic E-state index is 13.0. The summed E-state index contributed by atoms with van der Waals surface area (Å²) in [6, 6.07) is 3.65. The fourth-order valence-electron chi connectivity index (χ4n) is 1.08. The highest BCUT2D eigenvalue weighted by Crippen LogP contribution is 2.15. The lowest BCUT2D eigenvalue weighted by Crippen LogP contribution is -2.06. The zero-order valence-corrected chi connectivity index (χ0v) is 8.64. The van der Waals surface area contributed by atoms with Crippen LogP contribution >= 0.6 is 0 Å². The van der Waals surface area contributed by atoms with Gasteiger partial charge in [-0.25, -0.2) is 12.8 Å². The largest absolute Gasteiger partial charge is 0.326 e. The summed E-state index contributed by atoms with van der Waals surface area (Å²) in [4.78, 5) is 0.000417. The molecule has 3 nitrogen and oxygen atoms in total. The van der Waals surface area contributed by atoms with Crippen molar-refractivity contribution in [2.75, 3.05) is 5.75 Å². The van der Waals surface area contributed by atoms with Gasteiger partial charge in [0, 0.05) is 6.54 Å². The molecule has 0 aliphatic carbocycles. The Kier molecular flexibility index (Phi) is 3.23. The van der Waals surface area contributed by atoms with Crippen molar-refractivity contribution < 1.29 is 12.8 Å². The van der Waals surface area contributed by atoms with Gasteiger partial charge in [0.15, 0.2) is 9.84 Å². The van der Waals surface area contributed by atoms with E-state index in [1.54, 1.807) is 0 Å². The summed E-state index contributed by atoms with van der Waals surface area (Å²) in [7, 11) is -3.35. The van der Waals surface area contributed by atoms with Crippen molar-refractivity contribution >= 4 is 9.84 Å². The van der Waals surface area contributed by atoms with E-state index in [9.17, 15) is 12.8 Å². The third-order valence-electron chi connectivity index (χ3n) is 1.91. The van der Waals surface area contributed by atoms with Crippen LogP contribution in [0.1, 0.15) is 12.5 Å². The van der Waals surface area contributed by atoms with Crippen molar-refractivity contribution in [3.8, 4) is 0 Å². The van der Waals surface area contributed by atoms with Crippen LogP contribution in [0.5, 0.6) is 0 Å². The fraction of sp³-hybridized carbons (Fsp3) is 0.333. The number of rotatable bonds is 3. The Morgan fingerprint density at radius 3 is 2.50 bits per heavy atom. The molecule has 2 N–H and O–H groups in total. The molecule has 0 radical (unpaired) electrons. The summed E-state index contributed by atoms with van der Waals surface area (Å²) in [6.07, 6.45) is 0. The molecule has 0 aromatic heterocycles. The van der Waals surface area contributed by atoms with Crippen LogP contribution in [0.3, 0.4) is 0 Å². The van der Waals surface area contributed by atoms with Gasteiger partial charge in [-0.3, -0.25) is 0 Å². The van der Waals surface area contributed by atoms with Gasteiger partial charge in [0.2, 0.25) is 0 Å². The molecule has 1 aromatic carbocycles. The van der Waals surface area contributed by atoms with Gasteiger partial charge >= 0.3 is 0 Å². The molecule has 1 aromatic rings. The maximum absolute atomic E-state index is 13.0. The summed E-state index contributed by atoms with van der Waals surface area (Å²) in [5.41, 5.74) is 5.79. The third-order valence-corrected chi connectivity index (χ3v) is 3.62. The highest BCUT2D eigenvalue weighted by atomic mass is 32.2. The Hall–Kier alpha value is -0.940. The lowest BCUT2D eigenvalue weighted by Gasteiger charge is -2.04. The summed E-state index contributed by atoms with van der Waals surface area (Å²) in [6.45, 7) is 1.65. The van der Waals surface area contributed by atoms with Gasteiger partial charge in [0.1, 0.15) is 5.82 Å². The molecule has 14 heavy (non-hydrogen) atoms. The van der Waals surface area contributed by atoms with E-state index in [1.807, 2.05) is 0 Å². The SMILES string of the molecule is CCS(=O)(=O)c1cc(F)cc(CN)c1. The summed E-state index contributed by atoms with van der Waals surface area (Å²) >= 11 is 0. The van der Waals surface area contributed by atoms with E-state index in [1.165, 1.54) is 19.1 Å². The van der Waals surface area contributed by atoms with Crippen molar-refractivity contribution in [2.24, 2.45) is 5.73 Å². The number of nitrogens with two attached hydrogens (primary N) is 1. The highest BCUT2D eigenvalue weighted by Gasteiger charge is 2.13. The van der Waals surface area contributed by atoms with Crippen LogP contribution in [0, 0.1) is 5.82 Å². The van der Waals surface area contributed by atoms with E-state index < -0.39 is 15.7 Å². The molecule has 78 valence electrons. The number of hydrogen-bond acceptors (Lipinski definition) is 3. The van der Waals surface area contributed by atoms with Gasteiger partial charge in [-0.05, 0) is 23.8 Å². The first kappa shape index (κ1) is 11.1. The standard InChI is InChI=1S/C9H12FNO2S/c1-2-14(12,13)9-4-7(6-11)3-8(10)5-9/h3-5H,2,6,11H2,1H3. The normalized spacial score (nSPS) is 11.6. The maximum Gasteiger partial charge on any atom is 0.178 e. The minimum atomic E-state index is -3.35. The van der Waals surface area contributed by atoms with Crippen molar-refractivity contribution in [1.29, 1.82) is 0 Å². The van der Waals surface area contributed by atoms with E-state index in [0.717, 1.165) is 6.07 Å². The first-order chi connectivity index (χ1) is 6.49. The van der Waals surface area contributed by atoms with Crippen molar-refractivity contribution in [1.82, 2.24) is 0 Å². The molecule has 0 bridgehead atoms. The van der Waals surface area contributed by atoms with Gasteiger partial charge in [0.05, 0.1) is 10.6 Å². The fourth-order valence-corrected chi connectivity index (χ4v) is 2.04. The Labute approximate surface area is 82.7 Å². The van der Waals surface area contributed by atoms with E-state index in [2.05, 4.69) is 0 Å². The molecule has 0 amide bonds. The van der Waals surface area contributed by atoms with Crippen molar-refractivity contribution in [3.63, 3.8) is 0 Å². The quantitative estimate of drug-likeness (QED) is 0.824. The van der Waals surface area contributed by atoms with E-state index >= 15 is 0 Å². The number of halogens is 1. The first-order valence-electron chi connectivity index (χ1n) is 4.22. The number of benzene rings is 1. The molecule has 0 saturated heterocycles. The lowest BCUT2D eigenvalue weighted by molar-refractivity contribution is 0.591. The molecule has 1 rings (SSSR count). The molecular weight excluding hydrogens is 205 g/mol. The summed E-state index contributed by atoms with van der Waals surface area (Å²) in [5, 5.41) is 0. The first-order valence-corrected chi connectivity index (χ1v) is 5.87. The molecular formula is C9H12FNO2S. The monoisotopic (exact) mass is 217 g/mol. The molecule has 0 atom stereocenters. The zero-order chi connectivity index (χ0) is 10.8. The molecule has 0 fully saturated rings. The van der Waals surface area contributed by atoms with E-state index in [4.69, 9.17) is 5.73 Å². The Bertz CT molecular complexity index is 428. The zero-order valence-electron chi connectivity index (χ0n) is 7.83. The second kappa shape index (κ2) is 4.06. The average Bonchev–Trinajstić information content (AvgIpc) is 2.16. The molecule has 0 aliphatic heterocycles. The minimum absolute atomic E-state index is 0.000417. The molecule has 0 saturated carbocycles. The number of hydrogen-bond donors (Lipinski definition) is 1. The van der Waals surface area contributed by atoms with Gasteiger partial charge < -0.3 is 5.73 Å². The van der Waals surface area contributed by atoms with Crippen LogP contribution in [0.15, 0.2) is 23.1 Å². The topological polar surface area (TPSA) is 60.2 Å². The third kappa shape index (κ3) is 2.30. The Balaban J connectivity index is 3.29. The van der Waals surface area contributed by atoms with Crippen LogP contribution in [0.4, 0.5) is 4.39 Å². The highest BCUT2D eigenvalue weighted by molar-refractivity contribution is 7.91. The predicted molar refractivity (Wildman–Crippen MR) is 52.0 cm³/mol. The van der Waals surface area contributed by atoms with Gasteiger partial charge in [-0.2, -0.15) is 0 Å². The van der Waals surface area contributed by atoms with Crippen LogP contribution in [-0.4, -0.2) is 14.2 Å². The Morgan fingerprint density at radius 2 is 2.00 bits per heavy atom. The van der Waals surface area contributed by atoms with Crippen molar-refractivity contribution in [2.45, 2.75) is 18.4 Å².